The number of benzene rings is 1. The Balaban J connectivity index is 1.87. The highest BCUT2D eigenvalue weighted by molar-refractivity contribution is 5.94. The predicted molar refractivity (Wildman–Crippen MR) is 103 cm³/mol. The minimum Gasteiger partial charge on any atom is -0.496 e. The normalized spacial score (nSPS) is 14.3. The number of ether oxygens (including phenoxy) is 1. The first-order valence-electron chi connectivity index (χ1n) is 9.31. The molecule has 0 N–H and O–H groups in total. The number of amides is 2. The van der Waals surface area contributed by atoms with Gasteiger partial charge in [0.05, 0.1) is 12.8 Å². The zero-order chi connectivity index (χ0) is 19.4. The summed E-state index contributed by atoms with van der Waals surface area (Å²) in [7, 11) is 1.63. The summed E-state index contributed by atoms with van der Waals surface area (Å²) in [6.45, 7) is 6.52. The predicted octanol–water partition coefficient (Wildman–Crippen LogP) is 2.27. The van der Waals surface area contributed by atoms with Gasteiger partial charge in [-0.25, -0.2) is 0 Å². The van der Waals surface area contributed by atoms with E-state index in [0.29, 0.717) is 38.4 Å². The quantitative estimate of drug-likeness (QED) is 0.810. The van der Waals surface area contributed by atoms with Crippen LogP contribution >= 0.6 is 0 Å². The Kier molecular flexibility index (Phi) is 5.78. The smallest absolute Gasteiger partial charge is 0.272 e. The van der Waals surface area contributed by atoms with Crippen LogP contribution in [-0.4, -0.2) is 64.7 Å². The largest absolute Gasteiger partial charge is 0.496 e. The van der Waals surface area contributed by atoms with Gasteiger partial charge in [-0.05, 0) is 24.6 Å². The topological polar surface area (TPSA) is 67.7 Å². The molecule has 1 fully saturated rings. The fourth-order valence-electron chi connectivity index (χ4n) is 3.35. The number of nitrogens with zero attached hydrogens (tertiary/aromatic N) is 4. The van der Waals surface area contributed by atoms with Crippen LogP contribution in [-0.2, 0) is 11.3 Å². The number of carbonyl (C=O) groups excluding carboxylic acids is 2. The van der Waals surface area contributed by atoms with Gasteiger partial charge in [-0.1, -0.05) is 19.1 Å². The third kappa shape index (κ3) is 3.97. The van der Waals surface area contributed by atoms with Gasteiger partial charge < -0.3 is 14.5 Å². The summed E-state index contributed by atoms with van der Waals surface area (Å²) in [6.07, 6.45) is 0.880. The molecule has 1 aliphatic rings. The maximum absolute atomic E-state index is 13.1. The summed E-state index contributed by atoms with van der Waals surface area (Å²) in [6, 6.07) is 9.51. The number of hydrogen-bond acceptors (Lipinski definition) is 4. The Labute approximate surface area is 159 Å². The average Bonchev–Trinajstić information content (AvgIpc) is 3.11. The molecule has 144 valence electrons. The molecule has 0 radical (unpaired) electrons. The molecule has 7 nitrogen and oxygen atoms in total. The van der Waals surface area contributed by atoms with Crippen molar-refractivity contribution in [3.05, 3.63) is 36.0 Å². The van der Waals surface area contributed by atoms with Gasteiger partial charge in [0.25, 0.3) is 5.91 Å². The molecule has 2 aromatic rings. The van der Waals surface area contributed by atoms with Gasteiger partial charge >= 0.3 is 0 Å². The van der Waals surface area contributed by atoms with E-state index in [1.807, 2.05) is 30.3 Å². The van der Waals surface area contributed by atoms with Crippen LogP contribution in [0.1, 0.15) is 30.8 Å². The van der Waals surface area contributed by atoms with Crippen LogP contribution in [0.5, 0.6) is 5.75 Å². The highest BCUT2D eigenvalue weighted by Crippen LogP contribution is 2.29. The lowest BCUT2D eigenvalue weighted by Crippen LogP contribution is -2.50. The molecule has 3 rings (SSSR count). The Bertz CT molecular complexity index is 822. The van der Waals surface area contributed by atoms with E-state index in [2.05, 4.69) is 12.0 Å². The van der Waals surface area contributed by atoms with Gasteiger partial charge in [0.15, 0.2) is 0 Å². The summed E-state index contributed by atoms with van der Waals surface area (Å²) in [5, 5.41) is 4.66. The summed E-state index contributed by atoms with van der Waals surface area (Å²) in [5.74, 6) is 0.740. The highest BCUT2D eigenvalue weighted by atomic mass is 16.5. The van der Waals surface area contributed by atoms with Gasteiger partial charge in [0.1, 0.15) is 11.4 Å². The molecule has 2 heterocycles. The monoisotopic (exact) mass is 370 g/mol. The number of piperazine rings is 1. The molecule has 7 heteroatoms. The zero-order valence-electron chi connectivity index (χ0n) is 16.1. The molecule has 0 unspecified atom stereocenters. The van der Waals surface area contributed by atoms with Crippen molar-refractivity contribution < 1.29 is 14.3 Å². The maximum atomic E-state index is 13.1. The lowest BCUT2D eigenvalue weighted by atomic mass is 10.1. The fraction of sp³-hybridized carbons (Fsp3) is 0.450. The average molecular weight is 370 g/mol. The van der Waals surface area contributed by atoms with Crippen LogP contribution < -0.4 is 4.74 Å². The lowest BCUT2D eigenvalue weighted by molar-refractivity contribution is -0.130. The van der Waals surface area contributed by atoms with Crippen molar-refractivity contribution in [1.29, 1.82) is 0 Å². The van der Waals surface area contributed by atoms with Crippen molar-refractivity contribution >= 4 is 11.8 Å². The van der Waals surface area contributed by atoms with Crippen LogP contribution in [0.3, 0.4) is 0 Å². The standard InChI is InChI=1S/C20H26N4O3/c1-4-9-24-18(20(26)23-12-10-22(11-13-23)15(2)25)14-17(21-24)16-7-5-6-8-19(16)27-3/h5-8,14H,4,9-13H2,1-3H3. The van der Waals surface area contributed by atoms with Crippen LogP contribution in [0.2, 0.25) is 0 Å². The SMILES string of the molecule is CCCn1nc(-c2ccccc2OC)cc1C(=O)N1CCN(C(C)=O)CC1. The molecule has 0 aliphatic carbocycles. The molecule has 0 atom stereocenters. The van der Waals surface area contributed by atoms with Crippen molar-refractivity contribution in [2.75, 3.05) is 33.3 Å². The zero-order valence-corrected chi connectivity index (χ0v) is 16.1. The van der Waals surface area contributed by atoms with E-state index >= 15 is 0 Å². The Morgan fingerprint density at radius 1 is 1.11 bits per heavy atom. The van der Waals surface area contributed by atoms with Crippen molar-refractivity contribution in [2.24, 2.45) is 0 Å². The van der Waals surface area contributed by atoms with Crippen LogP contribution in [0.25, 0.3) is 11.3 Å². The van der Waals surface area contributed by atoms with Gasteiger partial charge in [-0.3, -0.25) is 14.3 Å². The molecular formula is C20H26N4O3. The molecule has 0 bridgehead atoms. The fourth-order valence-corrected chi connectivity index (χ4v) is 3.35. The van der Waals surface area contributed by atoms with Gasteiger partial charge in [-0.15, -0.1) is 0 Å². The van der Waals surface area contributed by atoms with Crippen LogP contribution in [0.15, 0.2) is 30.3 Å². The number of methoxy groups -OCH3 is 1. The van der Waals surface area contributed by atoms with Crippen LogP contribution in [0.4, 0.5) is 0 Å². The Hall–Kier alpha value is -2.83. The maximum Gasteiger partial charge on any atom is 0.272 e. The summed E-state index contributed by atoms with van der Waals surface area (Å²) >= 11 is 0. The molecule has 0 spiro atoms. The molecule has 1 aromatic heterocycles. The lowest BCUT2D eigenvalue weighted by Gasteiger charge is -2.34. The van der Waals surface area contributed by atoms with Gasteiger partial charge in [-0.2, -0.15) is 5.10 Å². The summed E-state index contributed by atoms with van der Waals surface area (Å²) in [4.78, 5) is 28.2. The number of rotatable bonds is 5. The number of para-hydroxylation sites is 1. The van der Waals surface area contributed by atoms with Gasteiger partial charge in [0.2, 0.25) is 5.91 Å². The number of hydrogen-bond donors (Lipinski definition) is 0. The van der Waals surface area contributed by atoms with Crippen molar-refractivity contribution in [1.82, 2.24) is 19.6 Å². The second kappa shape index (κ2) is 8.24. The molecule has 0 saturated carbocycles. The Morgan fingerprint density at radius 2 is 1.78 bits per heavy atom. The second-order valence-electron chi connectivity index (χ2n) is 6.64. The van der Waals surface area contributed by atoms with Crippen molar-refractivity contribution in [3.8, 4) is 17.0 Å². The minimum atomic E-state index is -0.0414. The van der Waals surface area contributed by atoms with Crippen molar-refractivity contribution in [2.45, 2.75) is 26.8 Å². The summed E-state index contributed by atoms with van der Waals surface area (Å²) < 4.78 is 7.22. The van der Waals surface area contributed by atoms with Gasteiger partial charge in [0, 0.05) is 45.2 Å². The van der Waals surface area contributed by atoms with E-state index in [0.717, 1.165) is 23.4 Å². The molecule has 27 heavy (non-hydrogen) atoms. The Morgan fingerprint density at radius 3 is 2.41 bits per heavy atom. The second-order valence-corrected chi connectivity index (χ2v) is 6.64. The first-order chi connectivity index (χ1) is 13.0. The third-order valence-electron chi connectivity index (χ3n) is 4.83. The first-order valence-corrected chi connectivity index (χ1v) is 9.31. The van der Waals surface area contributed by atoms with E-state index < -0.39 is 0 Å². The molecule has 1 aromatic carbocycles. The van der Waals surface area contributed by atoms with E-state index in [9.17, 15) is 9.59 Å². The molecule has 1 aliphatic heterocycles. The van der Waals surface area contributed by atoms with E-state index in [4.69, 9.17) is 4.74 Å². The minimum absolute atomic E-state index is 0.0414. The van der Waals surface area contributed by atoms with E-state index in [1.165, 1.54) is 0 Å². The highest BCUT2D eigenvalue weighted by Gasteiger charge is 2.26. The van der Waals surface area contributed by atoms with Crippen LogP contribution in [0, 0.1) is 0 Å². The number of carbonyl (C=O) groups is 2. The molecular weight excluding hydrogens is 344 g/mol. The number of aryl methyl sites for hydroxylation is 1. The number of aromatic nitrogens is 2. The summed E-state index contributed by atoms with van der Waals surface area (Å²) in [5.41, 5.74) is 2.17. The van der Waals surface area contributed by atoms with E-state index in [1.54, 1.807) is 28.5 Å². The molecule has 1 saturated heterocycles. The van der Waals surface area contributed by atoms with Crippen molar-refractivity contribution in [3.63, 3.8) is 0 Å². The first kappa shape index (κ1) is 18.9. The molecule has 2 amide bonds. The third-order valence-corrected chi connectivity index (χ3v) is 4.83. The van der Waals surface area contributed by atoms with E-state index in [-0.39, 0.29) is 11.8 Å².